The molecule has 0 aromatic carbocycles. The fraction of sp³-hybridized carbons (Fsp3) is 0.200. The van der Waals surface area contributed by atoms with E-state index in [2.05, 4.69) is 31.7 Å². The average molecular weight is 164 g/mol. The molecule has 0 aliphatic carbocycles. The Hall–Kier alpha value is -0.820. The van der Waals surface area contributed by atoms with Crippen molar-refractivity contribution in [2.45, 2.75) is 13.8 Å². The summed E-state index contributed by atoms with van der Waals surface area (Å²) in [5, 5.41) is 0. The fourth-order valence-corrected chi connectivity index (χ4v) is 1.99. The molecule has 0 atom stereocenters. The third-order valence-corrected chi connectivity index (χ3v) is 2.48. The van der Waals surface area contributed by atoms with E-state index in [1.165, 1.54) is 15.3 Å². The van der Waals surface area contributed by atoms with Crippen molar-refractivity contribution in [2.75, 3.05) is 0 Å². The SMILES string of the molecule is C=Cc1cc(C)sc1/C=C\C. The van der Waals surface area contributed by atoms with Gasteiger partial charge in [0.15, 0.2) is 0 Å². The Labute approximate surface area is 71.9 Å². The molecule has 0 N–H and O–H groups in total. The summed E-state index contributed by atoms with van der Waals surface area (Å²) in [6.07, 6.45) is 6.08. The fourth-order valence-electron chi connectivity index (χ4n) is 0.993. The van der Waals surface area contributed by atoms with E-state index >= 15 is 0 Å². The summed E-state index contributed by atoms with van der Waals surface area (Å²) in [7, 11) is 0. The van der Waals surface area contributed by atoms with Crippen molar-refractivity contribution in [2.24, 2.45) is 0 Å². The van der Waals surface area contributed by atoms with E-state index in [9.17, 15) is 0 Å². The van der Waals surface area contributed by atoms with Crippen molar-refractivity contribution < 1.29 is 0 Å². The molecule has 0 unspecified atom stereocenters. The van der Waals surface area contributed by atoms with E-state index in [-0.39, 0.29) is 0 Å². The van der Waals surface area contributed by atoms with Crippen LogP contribution in [0.1, 0.15) is 22.2 Å². The second kappa shape index (κ2) is 3.54. The Balaban J connectivity index is 3.11. The molecule has 0 aliphatic heterocycles. The third-order valence-electron chi connectivity index (χ3n) is 1.45. The van der Waals surface area contributed by atoms with Crippen LogP contribution in [0.25, 0.3) is 12.2 Å². The zero-order chi connectivity index (χ0) is 8.27. The molecule has 1 aromatic rings. The lowest BCUT2D eigenvalue weighted by Gasteiger charge is -1.86. The van der Waals surface area contributed by atoms with Crippen LogP contribution in [0.4, 0.5) is 0 Å². The summed E-state index contributed by atoms with van der Waals surface area (Å²) in [4.78, 5) is 2.65. The Morgan fingerprint density at radius 2 is 2.27 bits per heavy atom. The largest absolute Gasteiger partial charge is 0.141 e. The minimum absolute atomic E-state index is 1.24. The maximum atomic E-state index is 3.76. The Morgan fingerprint density at radius 3 is 2.82 bits per heavy atom. The average Bonchev–Trinajstić information content (AvgIpc) is 2.32. The molecule has 1 heteroatoms. The zero-order valence-corrected chi connectivity index (χ0v) is 7.74. The van der Waals surface area contributed by atoms with Gasteiger partial charge in [0, 0.05) is 9.75 Å². The topological polar surface area (TPSA) is 0 Å². The molecule has 0 spiro atoms. The van der Waals surface area contributed by atoms with Crippen molar-refractivity contribution >= 4 is 23.5 Å². The minimum atomic E-state index is 1.24. The first-order chi connectivity index (χ1) is 5.27. The van der Waals surface area contributed by atoms with Gasteiger partial charge in [0.2, 0.25) is 0 Å². The lowest BCUT2D eigenvalue weighted by molar-refractivity contribution is 1.62. The zero-order valence-electron chi connectivity index (χ0n) is 6.92. The molecule has 0 radical (unpaired) electrons. The second-order valence-electron chi connectivity index (χ2n) is 2.38. The van der Waals surface area contributed by atoms with Crippen LogP contribution in [-0.2, 0) is 0 Å². The van der Waals surface area contributed by atoms with Crippen LogP contribution in [-0.4, -0.2) is 0 Å². The first-order valence-corrected chi connectivity index (χ1v) is 4.45. The summed E-state index contributed by atoms with van der Waals surface area (Å²) in [5.74, 6) is 0. The van der Waals surface area contributed by atoms with Crippen LogP contribution in [0.2, 0.25) is 0 Å². The van der Waals surface area contributed by atoms with Crippen LogP contribution in [0.15, 0.2) is 18.7 Å². The highest BCUT2D eigenvalue weighted by atomic mass is 32.1. The van der Waals surface area contributed by atoms with Crippen molar-refractivity contribution in [3.05, 3.63) is 34.0 Å². The maximum absolute atomic E-state index is 3.76. The number of thiophene rings is 1. The highest BCUT2D eigenvalue weighted by Crippen LogP contribution is 2.23. The maximum Gasteiger partial charge on any atom is 0.0342 e. The van der Waals surface area contributed by atoms with Gasteiger partial charge in [-0.2, -0.15) is 0 Å². The van der Waals surface area contributed by atoms with Crippen molar-refractivity contribution in [1.29, 1.82) is 0 Å². The molecule has 0 fully saturated rings. The van der Waals surface area contributed by atoms with E-state index in [4.69, 9.17) is 0 Å². The van der Waals surface area contributed by atoms with E-state index < -0.39 is 0 Å². The summed E-state index contributed by atoms with van der Waals surface area (Å²) < 4.78 is 0. The molecule has 0 bridgehead atoms. The van der Waals surface area contributed by atoms with Crippen LogP contribution in [0.3, 0.4) is 0 Å². The monoisotopic (exact) mass is 164 g/mol. The van der Waals surface area contributed by atoms with Gasteiger partial charge in [0.1, 0.15) is 0 Å². The molecule has 0 amide bonds. The highest BCUT2D eigenvalue weighted by molar-refractivity contribution is 7.13. The van der Waals surface area contributed by atoms with E-state index in [0.29, 0.717) is 0 Å². The molecule has 0 nitrogen and oxygen atoms in total. The summed E-state index contributed by atoms with van der Waals surface area (Å²) in [5.41, 5.74) is 1.24. The van der Waals surface area contributed by atoms with Gasteiger partial charge in [-0.15, -0.1) is 11.3 Å². The van der Waals surface area contributed by atoms with Crippen LogP contribution in [0, 0.1) is 6.92 Å². The predicted molar refractivity (Wildman–Crippen MR) is 53.9 cm³/mol. The molecule has 1 aromatic heterocycles. The van der Waals surface area contributed by atoms with E-state index in [1.54, 1.807) is 11.3 Å². The number of allylic oxidation sites excluding steroid dienone is 1. The third kappa shape index (κ3) is 1.81. The van der Waals surface area contributed by atoms with Gasteiger partial charge in [0.05, 0.1) is 0 Å². The summed E-state index contributed by atoms with van der Waals surface area (Å²) >= 11 is 1.81. The summed E-state index contributed by atoms with van der Waals surface area (Å²) in [6.45, 7) is 7.91. The quantitative estimate of drug-likeness (QED) is 0.624. The first-order valence-electron chi connectivity index (χ1n) is 3.63. The van der Waals surface area contributed by atoms with Gasteiger partial charge in [-0.25, -0.2) is 0 Å². The standard InChI is InChI=1S/C10H12S/c1-4-6-10-9(5-2)7-8(3)11-10/h4-7H,2H2,1,3H3/b6-4-. The Kier molecular flexibility index (Phi) is 2.66. The van der Waals surface area contributed by atoms with Gasteiger partial charge >= 0.3 is 0 Å². The smallest absolute Gasteiger partial charge is 0.0342 e. The molecule has 0 aliphatic rings. The number of hydrogen-bond donors (Lipinski definition) is 0. The van der Waals surface area contributed by atoms with Crippen molar-refractivity contribution in [3.8, 4) is 0 Å². The molecular formula is C10H12S. The van der Waals surface area contributed by atoms with Crippen LogP contribution in [0.5, 0.6) is 0 Å². The highest BCUT2D eigenvalue weighted by Gasteiger charge is 1.98. The van der Waals surface area contributed by atoms with Gasteiger partial charge in [0.25, 0.3) is 0 Å². The Morgan fingerprint density at radius 1 is 1.55 bits per heavy atom. The predicted octanol–water partition coefficient (Wildman–Crippen LogP) is 3.73. The van der Waals surface area contributed by atoms with Gasteiger partial charge in [-0.1, -0.05) is 18.7 Å². The van der Waals surface area contributed by atoms with E-state index in [0.717, 1.165) is 0 Å². The van der Waals surface area contributed by atoms with Crippen LogP contribution >= 0.6 is 11.3 Å². The molecular weight excluding hydrogens is 152 g/mol. The molecule has 0 saturated heterocycles. The van der Waals surface area contributed by atoms with E-state index in [1.807, 2.05) is 13.0 Å². The minimum Gasteiger partial charge on any atom is -0.141 e. The summed E-state index contributed by atoms with van der Waals surface area (Å²) in [6, 6.07) is 2.16. The number of hydrogen-bond acceptors (Lipinski definition) is 1. The normalized spacial score (nSPS) is 10.7. The van der Waals surface area contributed by atoms with Gasteiger partial charge < -0.3 is 0 Å². The van der Waals surface area contributed by atoms with Crippen LogP contribution < -0.4 is 0 Å². The number of aryl methyl sites for hydroxylation is 1. The Bertz CT molecular complexity index is 279. The van der Waals surface area contributed by atoms with Crippen molar-refractivity contribution in [1.82, 2.24) is 0 Å². The van der Waals surface area contributed by atoms with Gasteiger partial charge in [-0.3, -0.25) is 0 Å². The molecule has 1 rings (SSSR count). The molecule has 0 saturated carbocycles. The first kappa shape index (κ1) is 8.28. The molecule has 58 valence electrons. The number of rotatable bonds is 2. The van der Waals surface area contributed by atoms with Gasteiger partial charge in [-0.05, 0) is 31.6 Å². The lowest BCUT2D eigenvalue weighted by Crippen LogP contribution is -1.65. The van der Waals surface area contributed by atoms with Crippen molar-refractivity contribution in [3.63, 3.8) is 0 Å². The lowest BCUT2D eigenvalue weighted by atomic mass is 10.2. The second-order valence-corrected chi connectivity index (χ2v) is 3.67. The molecule has 1 heterocycles. The molecule has 11 heavy (non-hydrogen) atoms.